The number of nitrogens with one attached hydrogen (secondary N) is 1. The molecule has 1 aliphatic rings. The topological polar surface area (TPSA) is 32.3 Å². The maximum Gasteiger partial charge on any atom is 0.260 e. The molecule has 1 heterocycles. The van der Waals surface area contributed by atoms with E-state index in [1.165, 1.54) is 0 Å². The number of para-hydroxylation sites is 1. The second-order valence-corrected chi connectivity index (χ2v) is 7.06. The van der Waals surface area contributed by atoms with Gasteiger partial charge in [-0.1, -0.05) is 41.9 Å². The summed E-state index contributed by atoms with van der Waals surface area (Å²) in [6.07, 6.45) is -0.288. The van der Waals surface area contributed by atoms with Crippen molar-refractivity contribution < 1.29 is 4.79 Å². The van der Waals surface area contributed by atoms with Gasteiger partial charge in [0, 0.05) is 26.3 Å². The third kappa shape index (κ3) is 2.92. The van der Waals surface area contributed by atoms with Gasteiger partial charge in [-0.3, -0.25) is 9.69 Å². The molecule has 4 rings (SSSR count). The Kier molecular flexibility index (Phi) is 4.24. The second-order valence-electron chi connectivity index (χ2n) is 5.77. The van der Waals surface area contributed by atoms with Crippen LogP contribution in [0.15, 0.2) is 77.3 Å². The molecule has 1 atom stereocenters. The lowest BCUT2D eigenvalue weighted by molar-refractivity contribution is 0.0993. The van der Waals surface area contributed by atoms with E-state index >= 15 is 0 Å². The first-order chi connectivity index (χ1) is 12.1. The summed E-state index contributed by atoms with van der Waals surface area (Å²) in [6, 6.07) is 22.9. The minimum Gasteiger partial charge on any atom is -0.360 e. The molecule has 3 aromatic rings. The van der Waals surface area contributed by atoms with Crippen LogP contribution in [0.2, 0.25) is 5.02 Å². The van der Waals surface area contributed by atoms with Crippen molar-refractivity contribution >= 4 is 44.8 Å². The maximum atomic E-state index is 13.0. The molecule has 1 aliphatic heterocycles. The highest BCUT2D eigenvalue weighted by Gasteiger charge is 2.37. The van der Waals surface area contributed by atoms with Crippen molar-refractivity contribution in [1.82, 2.24) is 0 Å². The first-order valence-corrected chi connectivity index (χ1v) is 9.01. The monoisotopic (exact) mass is 412 g/mol. The molecule has 3 aromatic carbocycles. The van der Waals surface area contributed by atoms with Crippen LogP contribution in [0.25, 0.3) is 0 Å². The number of halogens is 2. The molecule has 0 radical (unpaired) electrons. The molecule has 0 bridgehead atoms. The summed E-state index contributed by atoms with van der Waals surface area (Å²) in [5, 5.41) is 4.13. The molecule has 1 amide bonds. The van der Waals surface area contributed by atoms with Gasteiger partial charge in [-0.05, 0) is 58.4 Å². The van der Waals surface area contributed by atoms with Crippen LogP contribution >= 0.6 is 27.5 Å². The van der Waals surface area contributed by atoms with Gasteiger partial charge in [0.15, 0.2) is 0 Å². The second kappa shape index (κ2) is 6.54. The van der Waals surface area contributed by atoms with Crippen molar-refractivity contribution in [1.29, 1.82) is 0 Å². The first kappa shape index (κ1) is 16.2. The van der Waals surface area contributed by atoms with E-state index in [9.17, 15) is 4.79 Å². The number of hydrogen-bond donors (Lipinski definition) is 1. The third-order valence-electron chi connectivity index (χ3n) is 4.23. The van der Waals surface area contributed by atoms with E-state index in [-0.39, 0.29) is 12.1 Å². The molecule has 0 aromatic heterocycles. The zero-order valence-electron chi connectivity index (χ0n) is 13.1. The van der Waals surface area contributed by atoms with Gasteiger partial charge in [-0.15, -0.1) is 0 Å². The standard InChI is InChI=1S/C20H14BrClN2O/c21-17-7-3-4-8-18(17)23-19-15-5-1-2-6-16(15)20(25)24(19)14-11-9-13(22)10-12-14/h1-12,19,23H/t19-/m1/s1. The third-order valence-corrected chi connectivity index (χ3v) is 5.18. The van der Waals surface area contributed by atoms with Crippen LogP contribution in [0.5, 0.6) is 0 Å². The Hall–Kier alpha value is -2.30. The molecule has 0 unspecified atom stereocenters. The molecular formula is C20H14BrClN2O. The number of amides is 1. The molecule has 1 N–H and O–H groups in total. The summed E-state index contributed by atoms with van der Waals surface area (Å²) < 4.78 is 0.947. The van der Waals surface area contributed by atoms with Gasteiger partial charge in [0.2, 0.25) is 0 Å². The highest BCUT2D eigenvalue weighted by Crippen LogP contribution is 2.39. The predicted octanol–water partition coefficient (Wildman–Crippen LogP) is 5.87. The highest BCUT2D eigenvalue weighted by molar-refractivity contribution is 9.10. The van der Waals surface area contributed by atoms with Crippen LogP contribution in [0.4, 0.5) is 11.4 Å². The molecule has 0 saturated heterocycles. The average Bonchev–Trinajstić information content (AvgIpc) is 2.90. The van der Waals surface area contributed by atoms with Gasteiger partial charge in [0.25, 0.3) is 5.91 Å². The molecule has 25 heavy (non-hydrogen) atoms. The van der Waals surface area contributed by atoms with Crippen LogP contribution in [-0.2, 0) is 0 Å². The molecule has 3 nitrogen and oxygen atoms in total. The highest BCUT2D eigenvalue weighted by atomic mass is 79.9. The van der Waals surface area contributed by atoms with Crippen molar-refractivity contribution in [2.75, 3.05) is 10.2 Å². The SMILES string of the molecule is O=C1c2ccccc2[C@H](Nc2ccccc2Br)N1c1ccc(Cl)cc1. The van der Waals surface area contributed by atoms with Crippen LogP contribution < -0.4 is 10.2 Å². The summed E-state index contributed by atoms with van der Waals surface area (Å²) in [6.45, 7) is 0. The Balaban J connectivity index is 1.80. The van der Waals surface area contributed by atoms with Crippen LogP contribution in [0, 0.1) is 0 Å². The van der Waals surface area contributed by atoms with Gasteiger partial charge in [0.1, 0.15) is 6.17 Å². The molecule has 0 saturated carbocycles. The van der Waals surface area contributed by atoms with E-state index in [0.717, 1.165) is 21.4 Å². The summed E-state index contributed by atoms with van der Waals surface area (Å²) >= 11 is 9.57. The number of nitrogens with zero attached hydrogens (tertiary/aromatic N) is 1. The van der Waals surface area contributed by atoms with Crippen LogP contribution in [-0.4, -0.2) is 5.91 Å². The lowest BCUT2D eigenvalue weighted by atomic mass is 10.1. The van der Waals surface area contributed by atoms with Crippen molar-refractivity contribution in [2.24, 2.45) is 0 Å². The van der Waals surface area contributed by atoms with E-state index in [2.05, 4.69) is 21.2 Å². The van der Waals surface area contributed by atoms with Crippen LogP contribution in [0.3, 0.4) is 0 Å². The van der Waals surface area contributed by atoms with E-state index < -0.39 is 0 Å². The lowest BCUT2D eigenvalue weighted by Crippen LogP contribution is -2.32. The molecule has 0 fully saturated rings. The van der Waals surface area contributed by atoms with Crippen molar-refractivity contribution in [2.45, 2.75) is 6.17 Å². The van der Waals surface area contributed by atoms with Gasteiger partial charge in [-0.25, -0.2) is 0 Å². The Morgan fingerprint density at radius 1 is 0.920 bits per heavy atom. The van der Waals surface area contributed by atoms with Crippen molar-refractivity contribution in [3.63, 3.8) is 0 Å². The first-order valence-electron chi connectivity index (χ1n) is 7.84. The minimum absolute atomic E-state index is 0.0255. The maximum absolute atomic E-state index is 13.0. The quantitative estimate of drug-likeness (QED) is 0.582. The summed E-state index contributed by atoms with van der Waals surface area (Å²) in [7, 11) is 0. The van der Waals surface area contributed by atoms with Crippen molar-refractivity contribution in [3.05, 3.63) is 93.4 Å². The van der Waals surface area contributed by atoms with Gasteiger partial charge >= 0.3 is 0 Å². The lowest BCUT2D eigenvalue weighted by Gasteiger charge is -2.27. The predicted molar refractivity (Wildman–Crippen MR) is 105 cm³/mol. The molecule has 0 aliphatic carbocycles. The minimum atomic E-state index is -0.288. The van der Waals surface area contributed by atoms with Gasteiger partial charge in [-0.2, -0.15) is 0 Å². The number of benzene rings is 3. The fourth-order valence-electron chi connectivity index (χ4n) is 3.05. The zero-order valence-corrected chi connectivity index (χ0v) is 15.5. The Labute approximate surface area is 159 Å². The number of rotatable bonds is 3. The van der Waals surface area contributed by atoms with Crippen LogP contribution in [0.1, 0.15) is 22.1 Å². The zero-order chi connectivity index (χ0) is 17.4. The number of fused-ring (bicyclic) bond motifs is 1. The smallest absolute Gasteiger partial charge is 0.260 e. The van der Waals surface area contributed by atoms with Gasteiger partial charge in [0.05, 0.1) is 5.69 Å². The molecular weight excluding hydrogens is 400 g/mol. The normalized spacial score (nSPS) is 16.0. The van der Waals surface area contributed by atoms with Crippen molar-refractivity contribution in [3.8, 4) is 0 Å². The fraction of sp³-hybridized carbons (Fsp3) is 0.0500. The van der Waals surface area contributed by atoms with Gasteiger partial charge < -0.3 is 5.32 Å². The van der Waals surface area contributed by atoms with E-state index in [1.807, 2.05) is 60.7 Å². The molecule has 5 heteroatoms. The van der Waals surface area contributed by atoms with E-state index in [1.54, 1.807) is 17.0 Å². The summed E-state index contributed by atoms with van der Waals surface area (Å²) in [4.78, 5) is 14.8. The van der Waals surface area contributed by atoms with E-state index in [4.69, 9.17) is 11.6 Å². The average molecular weight is 414 g/mol. The molecule has 0 spiro atoms. The number of hydrogen-bond acceptors (Lipinski definition) is 2. The number of carbonyl (C=O) groups excluding carboxylic acids is 1. The largest absolute Gasteiger partial charge is 0.360 e. The van der Waals surface area contributed by atoms with E-state index in [0.29, 0.717) is 10.6 Å². The Bertz CT molecular complexity index is 942. The molecule has 124 valence electrons. The number of carbonyl (C=O) groups is 1. The Morgan fingerprint density at radius 2 is 1.60 bits per heavy atom. The summed E-state index contributed by atoms with van der Waals surface area (Å²) in [5.74, 6) is -0.0255. The Morgan fingerprint density at radius 3 is 2.36 bits per heavy atom. The fourth-order valence-corrected chi connectivity index (χ4v) is 3.58. The summed E-state index contributed by atoms with van der Waals surface area (Å²) in [5.41, 5.74) is 3.39. The number of anilines is 2.